The van der Waals surface area contributed by atoms with Crippen LogP contribution in [0.1, 0.15) is 35.9 Å². The summed E-state index contributed by atoms with van der Waals surface area (Å²) in [4.78, 5) is 13.6. The van der Waals surface area contributed by atoms with Crippen molar-refractivity contribution in [2.75, 3.05) is 17.7 Å². The molecule has 0 saturated carbocycles. The van der Waals surface area contributed by atoms with Gasteiger partial charge < -0.3 is 20.5 Å². The van der Waals surface area contributed by atoms with Crippen molar-refractivity contribution in [1.82, 2.24) is 0 Å². The van der Waals surface area contributed by atoms with Crippen LogP contribution < -0.4 is 15.4 Å². The number of nitrogens with one attached hydrogen (secondary N) is 2. The molecule has 1 heterocycles. The van der Waals surface area contributed by atoms with Crippen LogP contribution in [0.2, 0.25) is 5.02 Å². The molecule has 0 unspecified atom stereocenters. The molecule has 0 fully saturated rings. The van der Waals surface area contributed by atoms with Crippen LogP contribution in [-0.4, -0.2) is 18.0 Å². The Hall–Kier alpha value is -2.96. The third kappa shape index (κ3) is 3.98. The number of carbonyl (C=O) groups is 1. The summed E-state index contributed by atoms with van der Waals surface area (Å²) in [5.41, 5.74) is 5.16. The molecule has 0 aromatic heterocycles. The number of ketones is 1. The number of allylic oxidation sites excluding steroid dienone is 1. The Bertz CT molecular complexity index is 1290. The maximum absolute atomic E-state index is 13.6. The number of hydrogen-bond acceptors (Lipinski definition) is 5. The van der Waals surface area contributed by atoms with Crippen molar-refractivity contribution in [3.05, 3.63) is 92.6 Å². The van der Waals surface area contributed by atoms with Gasteiger partial charge in [-0.3, -0.25) is 4.79 Å². The molecule has 0 amide bonds. The molecule has 3 N–H and O–H groups in total. The predicted molar refractivity (Wildman–Crippen MR) is 134 cm³/mol. The highest BCUT2D eigenvalue weighted by Crippen LogP contribution is 2.47. The zero-order valence-electron chi connectivity index (χ0n) is 17.9. The second kappa shape index (κ2) is 8.76. The molecule has 0 radical (unpaired) electrons. The molecular weight excluding hydrogens is 504 g/mol. The number of aromatic hydroxyl groups is 1. The highest BCUT2D eigenvalue weighted by Gasteiger charge is 2.37. The van der Waals surface area contributed by atoms with E-state index in [0.717, 1.165) is 28.2 Å². The summed E-state index contributed by atoms with van der Waals surface area (Å²) in [6.45, 7) is 0. The molecule has 0 saturated heterocycles. The fourth-order valence-corrected chi connectivity index (χ4v) is 5.43. The molecule has 3 aromatic rings. The molecule has 7 heteroatoms. The molecule has 33 heavy (non-hydrogen) atoms. The zero-order valence-corrected chi connectivity index (χ0v) is 20.2. The minimum absolute atomic E-state index is 0.00977. The van der Waals surface area contributed by atoms with Crippen LogP contribution in [0, 0.1) is 0 Å². The summed E-state index contributed by atoms with van der Waals surface area (Å²) in [5, 5.41) is 18.1. The Kier molecular flexibility index (Phi) is 5.81. The van der Waals surface area contributed by atoms with E-state index in [1.54, 1.807) is 6.07 Å². The topological polar surface area (TPSA) is 70.6 Å². The maximum Gasteiger partial charge on any atom is 0.172 e. The number of carbonyl (C=O) groups excluding carboxylic acids is 1. The van der Waals surface area contributed by atoms with Gasteiger partial charge in [0.2, 0.25) is 0 Å². The van der Waals surface area contributed by atoms with Gasteiger partial charge in [-0.05, 0) is 69.7 Å². The second-order valence-corrected chi connectivity index (χ2v) is 9.51. The molecule has 1 aliphatic carbocycles. The minimum Gasteiger partial charge on any atom is -0.503 e. The molecule has 0 spiro atoms. The first kappa shape index (κ1) is 21.9. The fourth-order valence-electron chi connectivity index (χ4n) is 4.68. The molecule has 2 aliphatic rings. The third-order valence-corrected chi connectivity index (χ3v) is 7.21. The Morgan fingerprint density at radius 3 is 2.55 bits per heavy atom. The van der Waals surface area contributed by atoms with E-state index in [0.29, 0.717) is 33.7 Å². The largest absolute Gasteiger partial charge is 0.503 e. The Morgan fingerprint density at radius 2 is 1.79 bits per heavy atom. The number of methoxy groups -OCH3 is 1. The van der Waals surface area contributed by atoms with Crippen LogP contribution >= 0.6 is 27.5 Å². The fraction of sp³-hybridized carbons (Fsp3) is 0.192. The molecule has 5 rings (SSSR count). The van der Waals surface area contributed by atoms with E-state index in [-0.39, 0.29) is 17.5 Å². The van der Waals surface area contributed by atoms with Crippen molar-refractivity contribution in [3.63, 3.8) is 0 Å². The van der Waals surface area contributed by atoms with Crippen LogP contribution in [0.25, 0.3) is 0 Å². The number of anilines is 2. The van der Waals surface area contributed by atoms with E-state index < -0.39 is 6.04 Å². The molecule has 1 aliphatic heterocycles. The first-order valence-corrected chi connectivity index (χ1v) is 11.8. The van der Waals surface area contributed by atoms with E-state index >= 15 is 0 Å². The van der Waals surface area contributed by atoms with E-state index in [9.17, 15) is 9.90 Å². The lowest BCUT2D eigenvalue weighted by atomic mass is 9.78. The van der Waals surface area contributed by atoms with Crippen molar-refractivity contribution < 1.29 is 14.6 Å². The lowest BCUT2D eigenvalue weighted by molar-refractivity contribution is -0.116. The van der Waals surface area contributed by atoms with E-state index in [1.165, 1.54) is 7.11 Å². The highest BCUT2D eigenvalue weighted by molar-refractivity contribution is 9.10. The number of halogens is 2. The van der Waals surface area contributed by atoms with Gasteiger partial charge in [0.1, 0.15) is 0 Å². The molecule has 5 nitrogen and oxygen atoms in total. The maximum atomic E-state index is 13.6. The van der Waals surface area contributed by atoms with Gasteiger partial charge in [-0.25, -0.2) is 0 Å². The number of rotatable bonds is 3. The number of benzene rings is 3. The highest BCUT2D eigenvalue weighted by atomic mass is 79.9. The van der Waals surface area contributed by atoms with Gasteiger partial charge in [0.25, 0.3) is 0 Å². The number of Topliss-reactive ketones (excluding diaryl/α,β-unsaturated/α-hetero) is 1. The molecular formula is C26H22BrClN2O3. The number of phenolic OH excluding ortho intramolecular Hbond substituents is 1. The van der Waals surface area contributed by atoms with Gasteiger partial charge in [0.05, 0.1) is 29.0 Å². The lowest BCUT2D eigenvalue weighted by Gasteiger charge is -2.30. The summed E-state index contributed by atoms with van der Waals surface area (Å²) >= 11 is 9.90. The second-order valence-electron chi connectivity index (χ2n) is 8.24. The normalized spacial score (nSPS) is 19.7. The number of ether oxygens (including phenoxy) is 1. The molecule has 0 bridgehead atoms. The third-order valence-electron chi connectivity index (χ3n) is 6.26. The summed E-state index contributed by atoms with van der Waals surface area (Å²) in [6, 6.07) is 18.8. The lowest BCUT2D eigenvalue weighted by Crippen LogP contribution is -2.27. The summed E-state index contributed by atoms with van der Waals surface area (Å²) < 4.78 is 5.87. The number of hydrogen-bond donors (Lipinski definition) is 3. The van der Waals surface area contributed by atoms with E-state index in [1.807, 2.05) is 54.6 Å². The first-order valence-electron chi connectivity index (χ1n) is 10.7. The molecule has 3 aromatic carbocycles. The smallest absolute Gasteiger partial charge is 0.172 e. The zero-order chi connectivity index (χ0) is 23.1. The Labute approximate surface area is 205 Å². The SMILES string of the molecule is COc1cc([C@@H]2Nc3ccccc3NC3=C2C(=O)C[C@@H](c2ccccc2Cl)C3)cc(Br)c1O. The molecule has 2 atom stereocenters. The van der Waals surface area contributed by atoms with Gasteiger partial charge in [0.15, 0.2) is 17.3 Å². The van der Waals surface area contributed by atoms with Crippen LogP contribution in [0.3, 0.4) is 0 Å². The van der Waals surface area contributed by atoms with Gasteiger partial charge in [-0.15, -0.1) is 0 Å². The van der Waals surface area contributed by atoms with Crippen LogP contribution in [0.15, 0.2) is 76.4 Å². The van der Waals surface area contributed by atoms with Crippen LogP contribution in [-0.2, 0) is 4.79 Å². The Morgan fingerprint density at radius 1 is 1.06 bits per heavy atom. The predicted octanol–water partition coefficient (Wildman–Crippen LogP) is 6.80. The van der Waals surface area contributed by atoms with Crippen molar-refractivity contribution in [1.29, 1.82) is 0 Å². The molecule has 168 valence electrons. The van der Waals surface area contributed by atoms with Crippen molar-refractivity contribution in [3.8, 4) is 11.5 Å². The summed E-state index contributed by atoms with van der Waals surface area (Å²) in [7, 11) is 1.51. The standard InChI is InChI=1S/C26H22BrClN2O3/c1-33-23-13-15(10-17(27)26(23)32)25-24-21(29-19-8-4-5-9-20(19)30-25)11-14(12-22(24)31)16-6-2-3-7-18(16)28/h2-10,13-14,25,29-30,32H,11-12H2,1H3/t14-,25-/m0/s1. The number of para-hydroxylation sites is 2. The first-order chi connectivity index (χ1) is 16.0. The minimum atomic E-state index is -0.415. The average molecular weight is 526 g/mol. The van der Waals surface area contributed by atoms with Gasteiger partial charge >= 0.3 is 0 Å². The number of phenols is 1. The van der Waals surface area contributed by atoms with Crippen LogP contribution in [0.5, 0.6) is 11.5 Å². The van der Waals surface area contributed by atoms with Crippen molar-refractivity contribution in [2.45, 2.75) is 24.8 Å². The summed E-state index contributed by atoms with van der Waals surface area (Å²) in [5.74, 6) is 0.411. The van der Waals surface area contributed by atoms with Gasteiger partial charge in [0, 0.05) is 22.7 Å². The summed E-state index contributed by atoms with van der Waals surface area (Å²) in [6.07, 6.45) is 1.03. The van der Waals surface area contributed by atoms with Crippen LogP contribution in [0.4, 0.5) is 11.4 Å². The van der Waals surface area contributed by atoms with Gasteiger partial charge in [-0.2, -0.15) is 0 Å². The van der Waals surface area contributed by atoms with Crippen molar-refractivity contribution in [2.24, 2.45) is 0 Å². The Balaban J connectivity index is 1.65. The average Bonchev–Trinajstić information content (AvgIpc) is 2.98. The number of fused-ring (bicyclic) bond motifs is 1. The van der Waals surface area contributed by atoms with E-state index in [2.05, 4.69) is 26.6 Å². The van der Waals surface area contributed by atoms with Crippen molar-refractivity contribution >= 4 is 44.7 Å². The van der Waals surface area contributed by atoms with Gasteiger partial charge in [-0.1, -0.05) is 41.9 Å². The van der Waals surface area contributed by atoms with E-state index in [4.69, 9.17) is 16.3 Å². The quantitative estimate of drug-likeness (QED) is 0.351. The monoisotopic (exact) mass is 524 g/mol.